The molecule has 0 aliphatic heterocycles. The van der Waals surface area contributed by atoms with E-state index in [4.69, 9.17) is 4.74 Å². The fraction of sp³-hybridized carbons (Fsp3) is 0.0455. The lowest BCUT2D eigenvalue weighted by molar-refractivity contribution is 0.305. The molecular weight excluding hydrogens is 342 g/mol. The maximum Gasteiger partial charge on any atom is 0.127 e. The number of allylic oxidation sites excluding steroid dienone is 2. The van der Waals surface area contributed by atoms with E-state index in [2.05, 4.69) is 5.16 Å². The van der Waals surface area contributed by atoms with Crippen molar-refractivity contribution < 1.29 is 9.94 Å². The number of oxime groups is 1. The van der Waals surface area contributed by atoms with E-state index in [0.29, 0.717) is 12.3 Å². The van der Waals surface area contributed by atoms with E-state index in [9.17, 15) is 5.21 Å². The zero-order chi connectivity index (χ0) is 18.0. The molecular formula is C22H19NO2S. The maximum atomic E-state index is 9.21. The molecule has 4 heteroatoms. The third-order valence-electron chi connectivity index (χ3n) is 3.67. The zero-order valence-electron chi connectivity index (χ0n) is 14.2. The number of thiophene rings is 1. The van der Waals surface area contributed by atoms with E-state index in [1.54, 1.807) is 23.5 Å². The first-order valence-electron chi connectivity index (χ1n) is 8.22. The number of ether oxygens (including phenoxy) is 1. The van der Waals surface area contributed by atoms with Gasteiger partial charge in [-0.2, -0.15) is 0 Å². The molecule has 0 atom stereocenters. The van der Waals surface area contributed by atoms with E-state index < -0.39 is 0 Å². The second-order valence-electron chi connectivity index (χ2n) is 5.52. The van der Waals surface area contributed by atoms with Crippen LogP contribution in [0.25, 0.3) is 12.2 Å². The van der Waals surface area contributed by atoms with Crippen molar-refractivity contribution in [1.29, 1.82) is 0 Å². The molecule has 2 aromatic carbocycles. The molecule has 0 bridgehead atoms. The summed E-state index contributed by atoms with van der Waals surface area (Å²) in [6, 6.07) is 21.8. The summed E-state index contributed by atoms with van der Waals surface area (Å²) in [6.45, 7) is 0.505. The highest BCUT2D eigenvalue weighted by Crippen LogP contribution is 2.21. The van der Waals surface area contributed by atoms with Gasteiger partial charge in [0.15, 0.2) is 0 Å². The summed E-state index contributed by atoms with van der Waals surface area (Å²) in [5.74, 6) is 0.784. The van der Waals surface area contributed by atoms with Crippen molar-refractivity contribution in [2.75, 3.05) is 0 Å². The third kappa shape index (κ3) is 5.19. The summed E-state index contributed by atoms with van der Waals surface area (Å²) in [7, 11) is 0. The van der Waals surface area contributed by atoms with Gasteiger partial charge in [0.05, 0.1) is 0 Å². The lowest BCUT2D eigenvalue weighted by Gasteiger charge is -2.09. The van der Waals surface area contributed by atoms with Gasteiger partial charge in [-0.3, -0.25) is 0 Å². The van der Waals surface area contributed by atoms with E-state index in [-0.39, 0.29) is 0 Å². The first kappa shape index (κ1) is 17.7. The molecule has 1 heterocycles. The summed E-state index contributed by atoms with van der Waals surface area (Å²) < 4.78 is 5.94. The van der Waals surface area contributed by atoms with Crippen LogP contribution in [0.3, 0.4) is 0 Å². The van der Waals surface area contributed by atoms with Crippen LogP contribution in [0.4, 0.5) is 0 Å². The summed E-state index contributed by atoms with van der Waals surface area (Å²) in [6.07, 6.45) is 7.33. The predicted molar refractivity (Wildman–Crippen MR) is 109 cm³/mol. The Morgan fingerprint density at radius 2 is 1.69 bits per heavy atom. The number of para-hydroxylation sites is 1. The molecule has 1 aromatic heterocycles. The topological polar surface area (TPSA) is 41.8 Å². The van der Waals surface area contributed by atoms with Gasteiger partial charge in [-0.15, -0.1) is 11.3 Å². The highest BCUT2D eigenvalue weighted by Gasteiger charge is 2.01. The molecule has 0 unspecified atom stereocenters. The number of rotatable bonds is 7. The van der Waals surface area contributed by atoms with Crippen LogP contribution in [-0.4, -0.2) is 10.9 Å². The van der Waals surface area contributed by atoms with Crippen molar-refractivity contribution in [3.63, 3.8) is 0 Å². The van der Waals surface area contributed by atoms with Crippen LogP contribution in [0, 0.1) is 0 Å². The first-order valence-corrected chi connectivity index (χ1v) is 9.10. The largest absolute Gasteiger partial charge is 0.488 e. The number of benzene rings is 2. The van der Waals surface area contributed by atoms with Gasteiger partial charge < -0.3 is 9.94 Å². The van der Waals surface area contributed by atoms with Gasteiger partial charge in [-0.1, -0.05) is 59.8 Å². The van der Waals surface area contributed by atoms with Crippen molar-refractivity contribution >= 4 is 29.2 Å². The minimum absolute atomic E-state index is 0.469. The third-order valence-corrected chi connectivity index (χ3v) is 4.50. The van der Waals surface area contributed by atoms with Gasteiger partial charge in [-0.25, -0.2) is 0 Å². The van der Waals surface area contributed by atoms with Gasteiger partial charge in [0.2, 0.25) is 0 Å². The normalized spacial score (nSPS) is 12.1. The van der Waals surface area contributed by atoms with E-state index in [1.165, 1.54) is 0 Å². The van der Waals surface area contributed by atoms with Gasteiger partial charge in [0, 0.05) is 10.4 Å². The fourth-order valence-corrected chi connectivity index (χ4v) is 2.95. The monoisotopic (exact) mass is 361 g/mol. The summed E-state index contributed by atoms with van der Waals surface area (Å²) in [4.78, 5) is 1.10. The van der Waals surface area contributed by atoms with Crippen molar-refractivity contribution in [3.05, 3.63) is 100 Å². The molecule has 26 heavy (non-hydrogen) atoms. The summed E-state index contributed by atoms with van der Waals surface area (Å²) in [5.41, 5.74) is 2.51. The standard InChI is InChI=1S/C22H19NO2S/c24-23-20(14-15-21-10-6-16-26-21)13-12-19-9-4-5-11-22(19)25-17-18-7-2-1-3-8-18/h1-16,24H,17H2. The second-order valence-corrected chi connectivity index (χ2v) is 6.50. The molecule has 0 spiro atoms. The molecule has 3 nitrogen and oxygen atoms in total. The van der Waals surface area contributed by atoms with Crippen molar-refractivity contribution in [3.8, 4) is 5.75 Å². The molecule has 0 fully saturated rings. The maximum absolute atomic E-state index is 9.21. The quantitative estimate of drug-likeness (QED) is 0.324. The van der Waals surface area contributed by atoms with Crippen LogP contribution >= 0.6 is 11.3 Å². The predicted octanol–water partition coefficient (Wildman–Crippen LogP) is 5.88. The fourth-order valence-electron chi connectivity index (χ4n) is 2.34. The minimum Gasteiger partial charge on any atom is -0.488 e. The van der Waals surface area contributed by atoms with E-state index >= 15 is 0 Å². The molecule has 0 saturated heterocycles. The molecule has 0 aliphatic rings. The Morgan fingerprint density at radius 3 is 2.46 bits per heavy atom. The molecule has 1 N–H and O–H groups in total. The summed E-state index contributed by atoms with van der Waals surface area (Å²) >= 11 is 1.63. The number of nitrogens with zero attached hydrogens (tertiary/aromatic N) is 1. The van der Waals surface area contributed by atoms with Crippen molar-refractivity contribution in [1.82, 2.24) is 0 Å². The van der Waals surface area contributed by atoms with Gasteiger partial charge in [-0.05, 0) is 47.4 Å². The molecule has 0 radical (unpaired) electrons. The smallest absolute Gasteiger partial charge is 0.127 e. The molecule has 0 amide bonds. The van der Waals surface area contributed by atoms with Crippen LogP contribution in [0.2, 0.25) is 0 Å². The Bertz CT molecular complexity index is 897. The minimum atomic E-state index is 0.469. The van der Waals surface area contributed by atoms with Crippen molar-refractivity contribution in [2.24, 2.45) is 5.16 Å². The molecule has 0 saturated carbocycles. The highest BCUT2D eigenvalue weighted by atomic mass is 32.1. The van der Waals surface area contributed by atoms with Crippen LogP contribution in [0.1, 0.15) is 16.0 Å². The Kier molecular flexibility index (Phi) is 6.40. The zero-order valence-corrected chi connectivity index (χ0v) is 15.0. The van der Waals surface area contributed by atoms with Crippen molar-refractivity contribution in [2.45, 2.75) is 6.61 Å². The van der Waals surface area contributed by atoms with Crippen LogP contribution < -0.4 is 4.74 Å². The van der Waals surface area contributed by atoms with Crippen LogP contribution in [-0.2, 0) is 6.61 Å². The number of hydrogen-bond acceptors (Lipinski definition) is 4. The molecule has 0 aliphatic carbocycles. The van der Waals surface area contributed by atoms with Gasteiger partial charge in [0.1, 0.15) is 18.1 Å². The summed E-state index contributed by atoms with van der Waals surface area (Å²) in [5, 5.41) is 14.5. The Hall–Kier alpha value is -3.11. The Balaban J connectivity index is 1.69. The lowest BCUT2D eigenvalue weighted by Crippen LogP contribution is -1.96. The average molecular weight is 361 g/mol. The molecule has 3 rings (SSSR count). The van der Waals surface area contributed by atoms with E-state index in [0.717, 1.165) is 21.8 Å². The average Bonchev–Trinajstić information content (AvgIpc) is 3.21. The highest BCUT2D eigenvalue weighted by molar-refractivity contribution is 7.10. The Labute approximate surface area is 157 Å². The van der Waals surface area contributed by atoms with Crippen LogP contribution in [0.15, 0.2) is 89.4 Å². The van der Waals surface area contributed by atoms with Gasteiger partial charge >= 0.3 is 0 Å². The number of hydrogen-bond donors (Lipinski definition) is 1. The van der Waals surface area contributed by atoms with Crippen LogP contribution in [0.5, 0.6) is 5.75 Å². The second kappa shape index (κ2) is 9.39. The SMILES string of the molecule is ON=C(C=Cc1cccs1)C=Cc1ccccc1OCc1ccccc1. The molecule has 3 aromatic rings. The van der Waals surface area contributed by atoms with Gasteiger partial charge in [0.25, 0.3) is 0 Å². The van der Waals surface area contributed by atoms with E-state index in [1.807, 2.05) is 84.3 Å². The lowest BCUT2D eigenvalue weighted by atomic mass is 10.1. The Morgan fingerprint density at radius 1 is 0.923 bits per heavy atom. The molecule has 130 valence electrons. The first-order chi connectivity index (χ1) is 12.8.